The third-order valence-corrected chi connectivity index (χ3v) is 4.65. The molecule has 1 aliphatic carbocycles. The lowest BCUT2D eigenvalue weighted by Crippen LogP contribution is -2.49. The second-order valence-electron chi connectivity index (χ2n) is 5.97. The summed E-state index contributed by atoms with van der Waals surface area (Å²) in [6, 6.07) is 0.767. The lowest BCUT2D eigenvalue weighted by atomic mass is 9.95. The molecule has 0 spiro atoms. The molecule has 1 unspecified atom stereocenters. The standard InChI is InChI=1S/C16H32N2O2/c1-5-18(14-10-7-8-11-14)13-9-12-16(3,17-4)15(19)20-6-2/h14,17H,5-13H2,1-4H3. The fourth-order valence-corrected chi connectivity index (χ4v) is 3.12. The van der Waals surface area contributed by atoms with Crippen LogP contribution < -0.4 is 5.32 Å². The molecule has 20 heavy (non-hydrogen) atoms. The van der Waals surface area contributed by atoms with E-state index in [0.717, 1.165) is 32.0 Å². The predicted octanol–water partition coefficient (Wildman–Crippen LogP) is 2.57. The Morgan fingerprint density at radius 1 is 1.35 bits per heavy atom. The van der Waals surface area contributed by atoms with Crippen molar-refractivity contribution in [3.8, 4) is 0 Å². The van der Waals surface area contributed by atoms with Crippen LogP contribution >= 0.6 is 0 Å². The number of nitrogens with zero attached hydrogens (tertiary/aromatic N) is 1. The van der Waals surface area contributed by atoms with Gasteiger partial charge < -0.3 is 15.0 Å². The largest absolute Gasteiger partial charge is 0.465 e. The molecule has 0 saturated heterocycles. The van der Waals surface area contributed by atoms with Gasteiger partial charge in [0.05, 0.1) is 6.61 Å². The van der Waals surface area contributed by atoms with Crippen molar-refractivity contribution in [2.45, 2.75) is 70.9 Å². The third kappa shape index (κ3) is 4.74. The van der Waals surface area contributed by atoms with Crippen molar-refractivity contribution in [3.05, 3.63) is 0 Å². The van der Waals surface area contributed by atoms with Crippen molar-refractivity contribution in [3.63, 3.8) is 0 Å². The number of rotatable bonds is 9. The number of hydrogen-bond acceptors (Lipinski definition) is 4. The van der Waals surface area contributed by atoms with Gasteiger partial charge in [0.15, 0.2) is 0 Å². The Balaban J connectivity index is 2.41. The fourth-order valence-electron chi connectivity index (χ4n) is 3.12. The van der Waals surface area contributed by atoms with Crippen LogP contribution in [0.5, 0.6) is 0 Å². The topological polar surface area (TPSA) is 41.6 Å². The maximum atomic E-state index is 12.0. The van der Waals surface area contributed by atoms with Crippen molar-refractivity contribution in [2.75, 3.05) is 26.7 Å². The quantitative estimate of drug-likeness (QED) is 0.661. The molecule has 0 aromatic carbocycles. The minimum Gasteiger partial charge on any atom is -0.465 e. The lowest BCUT2D eigenvalue weighted by molar-refractivity contribution is -0.150. The van der Waals surface area contributed by atoms with Gasteiger partial charge in [-0.05, 0) is 59.7 Å². The van der Waals surface area contributed by atoms with Crippen LogP contribution in [0, 0.1) is 0 Å². The van der Waals surface area contributed by atoms with E-state index < -0.39 is 5.54 Å². The Bertz CT molecular complexity index is 290. The summed E-state index contributed by atoms with van der Waals surface area (Å²) in [4.78, 5) is 14.6. The average molecular weight is 284 g/mol. The number of likely N-dealkylation sites (N-methyl/N-ethyl adjacent to an activating group) is 1. The van der Waals surface area contributed by atoms with Crippen LogP contribution in [0.25, 0.3) is 0 Å². The minimum atomic E-state index is -0.550. The molecule has 0 radical (unpaired) electrons. The molecule has 0 heterocycles. The molecule has 1 fully saturated rings. The molecule has 4 nitrogen and oxygen atoms in total. The second kappa shape index (κ2) is 8.63. The molecule has 1 saturated carbocycles. The Kier molecular flexibility index (Phi) is 7.52. The first kappa shape index (κ1) is 17.4. The van der Waals surface area contributed by atoms with Gasteiger partial charge in [0.25, 0.3) is 0 Å². The molecule has 0 aromatic heterocycles. The monoisotopic (exact) mass is 284 g/mol. The number of carbonyl (C=O) groups is 1. The van der Waals surface area contributed by atoms with Gasteiger partial charge in [0.1, 0.15) is 5.54 Å². The highest BCUT2D eigenvalue weighted by molar-refractivity contribution is 5.80. The normalized spacial score (nSPS) is 19.2. The molecule has 4 heteroatoms. The number of carbonyl (C=O) groups excluding carboxylic acids is 1. The zero-order valence-corrected chi connectivity index (χ0v) is 13.7. The van der Waals surface area contributed by atoms with E-state index in [0.29, 0.717) is 6.61 Å². The molecule has 1 N–H and O–H groups in total. The zero-order valence-electron chi connectivity index (χ0n) is 13.7. The van der Waals surface area contributed by atoms with E-state index in [1.54, 1.807) is 0 Å². The number of ether oxygens (including phenoxy) is 1. The Labute approximate surface area is 124 Å². The van der Waals surface area contributed by atoms with Gasteiger partial charge in [-0.2, -0.15) is 0 Å². The molecule has 1 rings (SSSR count). The maximum Gasteiger partial charge on any atom is 0.326 e. The highest BCUT2D eigenvalue weighted by Crippen LogP contribution is 2.24. The highest BCUT2D eigenvalue weighted by atomic mass is 16.5. The van der Waals surface area contributed by atoms with Crippen LogP contribution in [0.15, 0.2) is 0 Å². The SMILES string of the molecule is CCOC(=O)C(C)(CCCN(CC)C1CCCC1)NC. The summed E-state index contributed by atoms with van der Waals surface area (Å²) in [5, 5.41) is 3.13. The van der Waals surface area contributed by atoms with E-state index in [2.05, 4.69) is 17.1 Å². The first-order valence-electron chi connectivity index (χ1n) is 8.17. The molecule has 0 amide bonds. The molecular weight excluding hydrogens is 252 g/mol. The van der Waals surface area contributed by atoms with E-state index in [-0.39, 0.29) is 5.97 Å². The van der Waals surface area contributed by atoms with Gasteiger partial charge in [-0.3, -0.25) is 4.79 Å². The fraction of sp³-hybridized carbons (Fsp3) is 0.938. The first-order valence-corrected chi connectivity index (χ1v) is 8.17. The maximum absolute atomic E-state index is 12.0. The van der Waals surface area contributed by atoms with Crippen LogP contribution in [0.3, 0.4) is 0 Å². The van der Waals surface area contributed by atoms with E-state index in [9.17, 15) is 4.79 Å². The van der Waals surface area contributed by atoms with Gasteiger partial charge in [-0.15, -0.1) is 0 Å². The summed E-state index contributed by atoms with van der Waals surface area (Å²) in [6.07, 6.45) is 7.28. The van der Waals surface area contributed by atoms with Crippen LogP contribution in [-0.4, -0.2) is 49.2 Å². The minimum absolute atomic E-state index is 0.133. The Morgan fingerprint density at radius 2 is 2.00 bits per heavy atom. The van der Waals surface area contributed by atoms with Gasteiger partial charge >= 0.3 is 5.97 Å². The van der Waals surface area contributed by atoms with E-state index in [1.807, 2.05) is 20.9 Å². The van der Waals surface area contributed by atoms with Crippen molar-refractivity contribution >= 4 is 5.97 Å². The van der Waals surface area contributed by atoms with Crippen LogP contribution in [0.2, 0.25) is 0 Å². The second-order valence-corrected chi connectivity index (χ2v) is 5.97. The Hall–Kier alpha value is -0.610. The van der Waals surface area contributed by atoms with Gasteiger partial charge in [-0.1, -0.05) is 19.8 Å². The summed E-state index contributed by atoms with van der Waals surface area (Å²) in [6.45, 7) is 8.67. The summed E-state index contributed by atoms with van der Waals surface area (Å²) < 4.78 is 5.17. The summed E-state index contributed by atoms with van der Waals surface area (Å²) in [7, 11) is 1.84. The Morgan fingerprint density at radius 3 is 2.50 bits per heavy atom. The van der Waals surface area contributed by atoms with Crippen LogP contribution in [0.1, 0.15) is 59.3 Å². The molecule has 118 valence electrons. The molecule has 0 aliphatic heterocycles. The molecule has 0 bridgehead atoms. The van der Waals surface area contributed by atoms with Crippen molar-refractivity contribution in [1.29, 1.82) is 0 Å². The number of nitrogens with one attached hydrogen (secondary N) is 1. The van der Waals surface area contributed by atoms with Gasteiger partial charge in [0, 0.05) is 6.04 Å². The molecule has 1 atom stereocenters. The summed E-state index contributed by atoms with van der Waals surface area (Å²) in [5.74, 6) is -0.133. The van der Waals surface area contributed by atoms with E-state index >= 15 is 0 Å². The van der Waals surface area contributed by atoms with Crippen LogP contribution in [0.4, 0.5) is 0 Å². The average Bonchev–Trinajstić information content (AvgIpc) is 2.97. The van der Waals surface area contributed by atoms with Crippen molar-refractivity contribution in [1.82, 2.24) is 10.2 Å². The smallest absolute Gasteiger partial charge is 0.326 e. The predicted molar refractivity (Wildman–Crippen MR) is 82.8 cm³/mol. The van der Waals surface area contributed by atoms with E-state index in [4.69, 9.17) is 4.74 Å². The summed E-state index contributed by atoms with van der Waals surface area (Å²) >= 11 is 0. The third-order valence-electron chi connectivity index (χ3n) is 4.65. The lowest BCUT2D eigenvalue weighted by Gasteiger charge is -2.30. The van der Waals surface area contributed by atoms with Gasteiger partial charge in [0.2, 0.25) is 0 Å². The van der Waals surface area contributed by atoms with Crippen molar-refractivity contribution < 1.29 is 9.53 Å². The molecule has 1 aliphatic rings. The molecule has 0 aromatic rings. The first-order chi connectivity index (χ1) is 9.57. The van der Waals surface area contributed by atoms with Gasteiger partial charge in [-0.25, -0.2) is 0 Å². The molecular formula is C16H32N2O2. The number of hydrogen-bond donors (Lipinski definition) is 1. The number of esters is 1. The highest BCUT2D eigenvalue weighted by Gasteiger charge is 2.32. The van der Waals surface area contributed by atoms with Crippen LogP contribution in [-0.2, 0) is 9.53 Å². The van der Waals surface area contributed by atoms with Crippen molar-refractivity contribution in [2.24, 2.45) is 0 Å². The zero-order chi connectivity index (χ0) is 15.0. The van der Waals surface area contributed by atoms with E-state index in [1.165, 1.54) is 25.7 Å². The summed E-state index contributed by atoms with van der Waals surface area (Å²) in [5.41, 5.74) is -0.550.